The predicted molar refractivity (Wildman–Crippen MR) is 78.6 cm³/mol. The summed E-state index contributed by atoms with van der Waals surface area (Å²) in [6.45, 7) is 4.84. The van der Waals surface area contributed by atoms with Gasteiger partial charge in [-0.3, -0.25) is 9.67 Å². The molecule has 0 bridgehead atoms. The summed E-state index contributed by atoms with van der Waals surface area (Å²) in [7, 11) is 1.92. The van der Waals surface area contributed by atoms with Crippen LogP contribution < -0.4 is 10.5 Å². The molecule has 2 rings (SSSR count). The summed E-state index contributed by atoms with van der Waals surface area (Å²) in [6, 6.07) is 3.75. The summed E-state index contributed by atoms with van der Waals surface area (Å²) in [6.07, 6.45) is 5.37. The number of aromatic nitrogens is 3. The van der Waals surface area contributed by atoms with Crippen molar-refractivity contribution in [3.8, 4) is 5.75 Å². The van der Waals surface area contributed by atoms with Gasteiger partial charge in [-0.05, 0) is 30.5 Å². The van der Waals surface area contributed by atoms with Crippen LogP contribution in [0.1, 0.15) is 43.3 Å². The summed E-state index contributed by atoms with van der Waals surface area (Å²) in [4.78, 5) is 4.21. The average Bonchev–Trinajstić information content (AvgIpc) is 2.86. The fourth-order valence-electron chi connectivity index (χ4n) is 2.08. The Morgan fingerprint density at radius 3 is 2.75 bits per heavy atom. The van der Waals surface area contributed by atoms with Crippen molar-refractivity contribution >= 4 is 0 Å². The van der Waals surface area contributed by atoms with Crippen molar-refractivity contribution in [3.63, 3.8) is 0 Å². The highest BCUT2D eigenvalue weighted by molar-refractivity contribution is 5.31. The molecule has 0 radical (unpaired) electrons. The van der Waals surface area contributed by atoms with E-state index in [1.807, 2.05) is 23.9 Å². The topological polar surface area (TPSA) is 66.0 Å². The maximum Gasteiger partial charge on any atom is 0.137 e. The summed E-state index contributed by atoms with van der Waals surface area (Å²) in [5.41, 5.74) is 9.29. The lowest BCUT2D eigenvalue weighted by atomic mass is 10.1. The van der Waals surface area contributed by atoms with Crippen LogP contribution in [-0.4, -0.2) is 21.4 Å². The highest BCUT2D eigenvalue weighted by Gasteiger charge is 2.15. The quantitative estimate of drug-likeness (QED) is 0.877. The van der Waals surface area contributed by atoms with Crippen LogP contribution in [0, 0.1) is 0 Å². The van der Waals surface area contributed by atoms with Crippen LogP contribution in [0.4, 0.5) is 0 Å². The van der Waals surface area contributed by atoms with E-state index in [2.05, 4.69) is 23.9 Å². The molecule has 1 atom stereocenters. The number of rotatable bonds is 6. The predicted octanol–water partition coefficient (Wildman–Crippen LogP) is 2.21. The van der Waals surface area contributed by atoms with Gasteiger partial charge in [0.2, 0.25) is 0 Å². The van der Waals surface area contributed by atoms with Gasteiger partial charge in [0.25, 0.3) is 0 Å². The molecular formula is C15H22N4O. The molecule has 2 aromatic rings. The summed E-state index contributed by atoms with van der Waals surface area (Å²) < 4.78 is 7.43. The van der Waals surface area contributed by atoms with Gasteiger partial charge in [0.05, 0.1) is 30.2 Å². The monoisotopic (exact) mass is 274 g/mol. The second-order valence-electron chi connectivity index (χ2n) is 4.82. The van der Waals surface area contributed by atoms with Crippen molar-refractivity contribution in [2.45, 2.75) is 32.7 Å². The zero-order valence-corrected chi connectivity index (χ0v) is 12.3. The lowest BCUT2D eigenvalue weighted by molar-refractivity contribution is 0.315. The van der Waals surface area contributed by atoms with Crippen LogP contribution in [0.5, 0.6) is 5.75 Å². The molecule has 0 saturated carbocycles. The highest BCUT2D eigenvalue weighted by atomic mass is 16.5. The van der Waals surface area contributed by atoms with Crippen LogP contribution in [-0.2, 0) is 13.5 Å². The first kappa shape index (κ1) is 14.5. The van der Waals surface area contributed by atoms with Gasteiger partial charge in [-0.25, -0.2) is 0 Å². The zero-order valence-electron chi connectivity index (χ0n) is 12.3. The fourth-order valence-corrected chi connectivity index (χ4v) is 2.08. The second-order valence-corrected chi connectivity index (χ2v) is 4.82. The molecule has 1 unspecified atom stereocenters. The molecule has 0 aromatic carbocycles. The van der Waals surface area contributed by atoms with Crippen LogP contribution in [0.25, 0.3) is 0 Å². The van der Waals surface area contributed by atoms with E-state index in [4.69, 9.17) is 10.5 Å². The highest BCUT2D eigenvalue weighted by Crippen LogP contribution is 2.22. The third kappa shape index (κ3) is 3.17. The Balaban J connectivity index is 2.23. The number of ether oxygens (including phenoxy) is 1. The molecule has 5 heteroatoms. The number of pyridine rings is 1. The molecule has 2 N–H and O–H groups in total. The van der Waals surface area contributed by atoms with Gasteiger partial charge >= 0.3 is 0 Å². The molecular weight excluding hydrogens is 252 g/mol. The molecule has 0 aliphatic rings. The first-order chi connectivity index (χ1) is 9.65. The van der Waals surface area contributed by atoms with Crippen LogP contribution in [0.15, 0.2) is 24.5 Å². The smallest absolute Gasteiger partial charge is 0.137 e. The fraction of sp³-hybridized carbons (Fsp3) is 0.467. The molecule has 0 spiro atoms. The molecule has 5 nitrogen and oxygen atoms in total. The number of hydrogen-bond acceptors (Lipinski definition) is 4. The number of hydrogen-bond donors (Lipinski definition) is 1. The van der Waals surface area contributed by atoms with Gasteiger partial charge < -0.3 is 10.5 Å². The van der Waals surface area contributed by atoms with Gasteiger partial charge in [-0.15, -0.1) is 0 Å². The molecule has 0 fully saturated rings. The normalized spacial score (nSPS) is 12.4. The van der Waals surface area contributed by atoms with Crippen LogP contribution >= 0.6 is 0 Å². The molecule has 2 aromatic heterocycles. The van der Waals surface area contributed by atoms with E-state index in [1.54, 1.807) is 12.4 Å². The molecule has 0 aliphatic heterocycles. The van der Waals surface area contributed by atoms with Gasteiger partial charge in [0.15, 0.2) is 0 Å². The SMILES string of the molecule is CCCOc1cncc(C(N)c2cc(CC)nn2C)c1. The molecule has 0 amide bonds. The molecule has 2 heterocycles. The van der Waals surface area contributed by atoms with Crippen molar-refractivity contribution in [2.24, 2.45) is 12.8 Å². The third-order valence-electron chi connectivity index (χ3n) is 3.21. The van der Waals surface area contributed by atoms with Crippen LogP contribution in [0.3, 0.4) is 0 Å². The standard InChI is InChI=1S/C15H22N4O/c1-4-6-20-13-7-11(9-17-10-13)15(16)14-8-12(5-2)18-19(14)3/h7-10,15H,4-6,16H2,1-3H3. The van der Waals surface area contributed by atoms with E-state index in [9.17, 15) is 0 Å². The van der Waals surface area contributed by atoms with E-state index < -0.39 is 0 Å². The number of aryl methyl sites for hydroxylation is 2. The molecule has 108 valence electrons. The van der Waals surface area contributed by atoms with E-state index in [-0.39, 0.29) is 6.04 Å². The minimum atomic E-state index is -0.245. The minimum absolute atomic E-state index is 0.245. The first-order valence-corrected chi connectivity index (χ1v) is 7.01. The summed E-state index contributed by atoms with van der Waals surface area (Å²) in [5, 5.41) is 4.43. The van der Waals surface area contributed by atoms with Crippen molar-refractivity contribution in [2.75, 3.05) is 6.61 Å². The van der Waals surface area contributed by atoms with Crippen molar-refractivity contribution in [3.05, 3.63) is 41.5 Å². The Kier molecular flexibility index (Phi) is 4.74. The maximum absolute atomic E-state index is 6.33. The van der Waals surface area contributed by atoms with Crippen LogP contribution in [0.2, 0.25) is 0 Å². The molecule has 20 heavy (non-hydrogen) atoms. The van der Waals surface area contributed by atoms with Crippen molar-refractivity contribution < 1.29 is 4.74 Å². The van der Waals surface area contributed by atoms with Crippen molar-refractivity contribution in [1.82, 2.24) is 14.8 Å². The average molecular weight is 274 g/mol. The van der Waals surface area contributed by atoms with E-state index in [0.717, 1.165) is 35.5 Å². The Hall–Kier alpha value is -1.88. The second kappa shape index (κ2) is 6.52. The first-order valence-electron chi connectivity index (χ1n) is 7.01. The van der Waals surface area contributed by atoms with Gasteiger partial charge in [-0.2, -0.15) is 5.10 Å². The zero-order chi connectivity index (χ0) is 14.5. The lowest BCUT2D eigenvalue weighted by Crippen LogP contribution is -2.16. The molecule has 0 saturated heterocycles. The Morgan fingerprint density at radius 1 is 1.30 bits per heavy atom. The summed E-state index contributed by atoms with van der Waals surface area (Å²) in [5.74, 6) is 0.762. The number of nitrogens with zero attached hydrogens (tertiary/aromatic N) is 3. The summed E-state index contributed by atoms with van der Waals surface area (Å²) >= 11 is 0. The van der Waals surface area contributed by atoms with Gasteiger partial charge in [0.1, 0.15) is 5.75 Å². The Morgan fingerprint density at radius 2 is 2.10 bits per heavy atom. The van der Waals surface area contributed by atoms with Crippen molar-refractivity contribution in [1.29, 1.82) is 0 Å². The molecule has 0 aliphatic carbocycles. The minimum Gasteiger partial charge on any atom is -0.492 e. The largest absolute Gasteiger partial charge is 0.492 e. The van der Waals surface area contributed by atoms with E-state index in [0.29, 0.717) is 6.61 Å². The lowest BCUT2D eigenvalue weighted by Gasteiger charge is -2.13. The van der Waals surface area contributed by atoms with E-state index >= 15 is 0 Å². The third-order valence-corrected chi connectivity index (χ3v) is 3.21. The Bertz CT molecular complexity index is 565. The number of nitrogens with two attached hydrogens (primary N) is 1. The maximum atomic E-state index is 6.33. The van der Waals surface area contributed by atoms with Gasteiger partial charge in [-0.1, -0.05) is 13.8 Å². The van der Waals surface area contributed by atoms with Gasteiger partial charge in [0, 0.05) is 13.2 Å². The van der Waals surface area contributed by atoms with E-state index in [1.165, 1.54) is 0 Å². The Labute approximate surface area is 119 Å².